The molecule has 1 aromatic heterocycles. The number of hydrogen-bond donors (Lipinski definition) is 1. The van der Waals surface area contributed by atoms with Gasteiger partial charge in [0.2, 0.25) is 0 Å². The molecule has 0 aliphatic rings. The summed E-state index contributed by atoms with van der Waals surface area (Å²) in [5.74, 6) is 0. The number of aromatic nitrogens is 2. The Hall–Kier alpha value is -0.450. The van der Waals surface area contributed by atoms with Crippen molar-refractivity contribution in [2.24, 2.45) is 0 Å². The number of nitrogens with zero attached hydrogens (tertiary/aromatic N) is 1. The van der Waals surface area contributed by atoms with Gasteiger partial charge in [-0.05, 0) is 22.0 Å². The van der Waals surface area contributed by atoms with Gasteiger partial charge in [-0.2, -0.15) is 5.10 Å². The van der Waals surface area contributed by atoms with Gasteiger partial charge in [0.05, 0.1) is 0 Å². The zero-order valence-electron chi connectivity index (χ0n) is 4.24. The Kier molecular flexibility index (Phi) is 1.80. The third-order valence-corrected chi connectivity index (χ3v) is 1.21. The van der Waals surface area contributed by atoms with Gasteiger partial charge in [0, 0.05) is 0 Å². The fourth-order valence-corrected chi connectivity index (χ4v) is 0.758. The molecule has 5 heteroatoms. The lowest BCUT2D eigenvalue weighted by Gasteiger charge is -1.87. The summed E-state index contributed by atoms with van der Waals surface area (Å²) in [5.41, 5.74) is -0.165. The Labute approximate surface area is 58.4 Å². The summed E-state index contributed by atoms with van der Waals surface area (Å²) in [6.45, 7) is 0. The predicted molar refractivity (Wildman–Crippen MR) is 31.2 cm³/mol. The van der Waals surface area contributed by atoms with E-state index in [9.17, 15) is 8.78 Å². The van der Waals surface area contributed by atoms with Gasteiger partial charge in [-0.1, -0.05) is 0 Å². The van der Waals surface area contributed by atoms with Crippen molar-refractivity contribution in [3.8, 4) is 0 Å². The Morgan fingerprint density at radius 3 is 2.56 bits per heavy atom. The van der Waals surface area contributed by atoms with E-state index in [4.69, 9.17) is 0 Å². The minimum atomic E-state index is -2.47. The highest BCUT2D eigenvalue weighted by molar-refractivity contribution is 9.10. The Morgan fingerprint density at radius 2 is 2.33 bits per heavy atom. The van der Waals surface area contributed by atoms with E-state index in [1.54, 1.807) is 0 Å². The van der Waals surface area contributed by atoms with Crippen LogP contribution in [0.5, 0.6) is 0 Å². The molecule has 0 fully saturated rings. The fourth-order valence-electron chi connectivity index (χ4n) is 0.423. The van der Waals surface area contributed by atoms with E-state index in [0.717, 1.165) is 0 Å². The molecule has 0 atom stereocenters. The zero-order chi connectivity index (χ0) is 6.85. The summed E-state index contributed by atoms with van der Waals surface area (Å²) in [6.07, 6.45) is -2.47. The summed E-state index contributed by atoms with van der Waals surface area (Å²) in [6, 6.07) is 1.24. The molecule has 0 aliphatic carbocycles. The first-order chi connectivity index (χ1) is 4.20. The molecule has 0 saturated heterocycles. The van der Waals surface area contributed by atoms with E-state index in [2.05, 4.69) is 26.1 Å². The average Bonchev–Trinajstić information content (AvgIpc) is 2.14. The van der Waals surface area contributed by atoms with Crippen LogP contribution in [0.15, 0.2) is 10.7 Å². The number of hydrogen-bond acceptors (Lipinski definition) is 1. The quantitative estimate of drug-likeness (QED) is 0.733. The maximum atomic E-state index is 11.7. The van der Waals surface area contributed by atoms with Crippen molar-refractivity contribution < 1.29 is 8.78 Å². The maximum absolute atomic E-state index is 11.7. The van der Waals surface area contributed by atoms with Gasteiger partial charge < -0.3 is 0 Å². The number of halogens is 3. The van der Waals surface area contributed by atoms with Crippen LogP contribution in [0.3, 0.4) is 0 Å². The lowest BCUT2D eigenvalue weighted by atomic mass is 10.5. The third-order valence-electron chi connectivity index (χ3n) is 0.802. The second kappa shape index (κ2) is 2.43. The first-order valence-corrected chi connectivity index (χ1v) is 2.98. The molecule has 1 aromatic rings. The molecule has 0 amide bonds. The minimum absolute atomic E-state index is 0.165. The highest BCUT2D eigenvalue weighted by Gasteiger charge is 2.08. The van der Waals surface area contributed by atoms with E-state index in [1.807, 2.05) is 0 Å². The van der Waals surface area contributed by atoms with Gasteiger partial charge in [0.25, 0.3) is 6.43 Å². The van der Waals surface area contributed by atoms with Gasteiger partial charge in [-0.3, -0.25) is 5.10 Å². The Morgan fingerprint density at radius 1 is 1.67 bits per heavy atom. The summed E-state index contributed by atoms with van der Waals surface area (Å²) in [5, 5.41) is 5.61. The molecule has 0 aliphatic heterocycles. The number of rotatable bonds is 1. The molecule has 9 heavy (non-hydrogen) atoms. The van der Waals surface area contributed by atoms with Crippen molar-refractivity contribution in [1.82, 2.24) is 10.2 Å². The lowest BCUT2D eigenvalue weighted by molar-refractivity contribution is 0.146. The topological polar surface area (TPSA) is 28.7 Å². The monoisotopic (exact) mass is 196 g/mol. The summed E-state index contributed by atoms with van der Waals surface area (Å²) < 4.78 is 23.8. The summed E-state index contributed by atoms with van der Waals surface area (Å²) in [4.78, 5) is 0. The van der Waals surface area contributed by atoms with Gasteiger partial charge in [0.1, 0.15) is 10.3 Å². The number of aromatic amines is 1. The average molecular weight is 197 g/mol. The highest BCUT2D eigenvalue weighted by Crippen LogP contribution is 2.18. The van der Waals surface area contributed by atoms with Crippen molar-refractivity contribution in [3.05, 3.63) is 16.4 Å². The van der Waals surface area contributed by atoms with Crippen molar-refractivity contribution in [3.63, 3.8) is 0 Å². The smallest absolute Gasteiger partial charge is 0.276 e. The third kappa shape index (κ3) is 1.48. The zero-order valence-corrected chi connectivity index (χ0v) is 5.82. The molecule has 1 N–H and O–H groups in total. The standard InChI is InChI=1S/C4H3BrF2N2/c5-3-1-2(4(6)7)8-9-3/h1,4H,(H,8,9). The van der Waals surface area contributed by atoms with E-state index in [1.165, 1.54) is 6.07 Å². The predicted octanol–water partition coefficient (Wildman–Crippen LogP) is 2.11. The first-order valence-electron chi connectivity index (χ1n) is 2.19. The van der Waals surface area contributed by atoms with Gasteiger partial charge in [-0.15, -0.1) is 0 Å². The number of alkyl halides is 2. The Bertz CT molecular complexity index is 198. The SMILES string of the molecule is FC(F)c1cc(Br)n[nH]1. The normalized spacial score (nSPS) is 10.7. The van der Waals surface area contributed by atoms with Crippen LogP contribution in [0.25, 0.3) is 0 Å². The molecule has 0 unspecified atom stereocenters. The molecular weight excluding hydrogens is 194 g/mol. The van der Waals surface area contributed by atoms with Crippen molar-refractivity contribution in [1.29, 1.82) is 0 Å². The van der Waals surface area contributed by atoms with Crippen LogP contribution in [0.1, 0.15) is 12.1 Å². The lowest BCUT2D eigenvalue weighted by Crippen LogP contribution is -1.81. The van der Waals surface area contributed by atoms with Crippen LogP contribution < -0.4 is 0 Å². The molecule has 1 rings (SSSR count). The largest absolute Gasteiger partial charge is 0.279 e. The first kappa shape index (κ1) is 6.67. The summed E-state index contributed by atoms with van der Waals surface area (Å²) in [7, 11) is 0. The van der Waals surface area contributed by atoms with Crippen LogP contribution in [-0.2, 0) is 0 Å². The molecular formula is C4H3BrF2N2. The van der Waals surface area contributed by atoms with Crippen LogP contribution >= 0.6 is 15.9 Å². The molecule has 1 heterocycles. The van der Waals surface area contributed by atoms with Gasteiger partial charge in [0.15, 0.2) is 0 Å². The maximum Gasteiger partial charge on any atom is 0.279 e. The van der Waals surface area contributed by atoms with Crippen LogP contribution in [-0.4, -0.2) is 10.2 Å². The van der Waals surface area contributed by atoms with Crippen molar-refractivity contribution in [2.75, 3.05) is 0 Å². The molecule has 0 spiro atoms. The molecule has 2 nitrogen and oxygen atoms in total. The fraction of sp³-hybridized carbons (Fsp3) is 0.250. The van der Waals surface area contributed by atoms with Crippen LogP contribution in [0.4, 0.5) is 8.78 Å². The Balaban J connectivity index is 2.85. The number of H-pyrrole nitrogens is 1. The van der Waals surface area contributed by atoms with Gasteiger partial charge in [-0.25, -0.2) is 8.78 Å². The van der Waals surface area contributed by atoms with E-state index in [0.29, 0.717) is 4.60 Å². The highest BCUT2D eigenvalue weighted by atomic mass is 79.9. The van der Waals surface area contributed by atoms with E-state index >= 15 is 0 Å². The van der Waals surface area contributed by atoms with Crippen LogP contribution in [0, 0.1) is 0 Å². The second-order valence-electron chi connectivity index (χ2n) is 1.45. The summed E-state index contributed by atoms with van der Waals surface area (Å²) >= 11 is 2.92. The van der Waals surface area contributed by atoms with Gasteiger partial charge >= 0.3 is 0 Å². The minimum Gasteiger partial charge on any atom is -0.276 e. The molecule has 0 aromatic carbocycles. The molecule has 0 bridgehead atoms. The number of nitrogens with one attached hydrogen (secondary N) is 1. The van der Waals surface area contributed by atoms with Crippen molar-refractivity contribution in [2.45, 2.75) is 6.43 Å². The van der Waals surface area contributed by atoms with Crippen LogP contribution in [0.2, 0.25) is 0 Å². The second-order valence-corrected chi connectivity index (χ2v) is 2.26. The van der Waals surface area contributed by atoms with E-state index < -0.39 is 6.43 Å². The van der Waals surface area contributed by atoms with E-state index in [-0.39, 0.29) is 5.69 Å². The molecule has 0 radical (unpaired) electrons. The van der Waals surface area contributed by atoms with Crippen molar-refractivity contribution >= 4 is 15.9 Å². The molecule has 0 saturated carbocycles. The molecule has 50 valence electrons.